The Labute approximate surface area is 196 Å². The van der Waals surface area contributed by atoms with E-state index in [2.05, 4.69) is 46.4 Å². The third-order valence-corrected chi connectivity index (χ3v) is 7.46. The van der Waals surface area contributed by atoms with E-state index >= 15 is 0 Å². The summed E-state index contributed by atoms with van der Waals surface area (Å²) in [4.78, 5) is 24.8. The standard InChI is InChI=1S/C27H35N5O/c1-2-24(20-9-5-3-6-10-20)32-25(33)16-11-21-19-28-27(30-26(21)32)29-22-12-14-23(15-13-22)31-17-7-4-8-18-31/h11-16,19-20,24H,2-10,17-18H2,1H3,(H,28,29,30). The molecule has 1 saturated heterocycles. The van der Waals surface area contributed by atoms with Gasteiger partial charge in [0.05, 0.1) is 0 Å². The van der Waals surface area contributed by atoms with Gasteiger partial charge >= 0.3 is 0 Å². The van der Waals surface area contributed by atoms with E-state index in [0.717, 1.165) is 36.2 Å². The van der Waals surface area contributed by atoms with Gasteiger partial charge in [0.2, 0.25) is 5.95 Å². The van der Waals surface area contributed by atoms with Crippen LogP contribution < -0.4 is 15.8 Å². The van der Waals surface area contributed by atoms with E-state index in [-0.39, 0.29) is 11.6 Å². The van der Waals surface area contributed by atoms with Crippen LogP contribution in [-0.4, -0.2) is 27.6 Å². The Bertz CT molecular complexity index is 1130. The molecule has 1 atom stereocenters. The highest BCUT2D eigenvalue weighted by Gasteiger charge is 2.26. The van der Waals surface area contributed by atoms with Crippen LogP contribution in [0.4, 0.5) is 17.3 Å². The second kappa shape index (κ2) is 9.94. The summed E-state index contributed by atoms with van der Waals surface area (Å²) in [6.07, 6.45) is 12.9. The lowest BCUT2D eigenvalue weighted by Gasteiger charge is -2.31. The van der Waals surface area contributed by atoms with Gasteiger partial charge in [0.15, 0.2) is 0 Å². The number of hydrogen-bond acceptors (Lipinski definition) is 5. The molecule has 1 aliphatic carbocycles. The quantitative estimate of drug-likeness (QED) is 0.500. The fourth-order valence-electron chi connectivity index (χ4n) is 5.70. The number of fused-ring (bicyclic) bond motifs is 1. The van der Waals surface area contributed by atoms with Gasteiger partial charge in [-0.3, -0.25) is 9.36 Å². The average Bonchev–Trinajstić information content (AvgIpc) is 2.87. The van der Waals surface area contributed by atoms with E-state index in [1.807, 2.05) is 16.8 Å². The van der Waals surface area contributed by atoms with E-state index in [9.17, 15) is 4.79 Å². The molecule has 1 aromatic carbocycles. The van der Waals surface area contributed by atoms with Gasteiger partial charge in [-0.1, -0.05) is 26.2 Å². The number of pyridine rings is 1. The summed E-state index contributed by atoms with van der Waals surface area (Å²) in [7, 11) is 0. The predicted molar refractivity (Wildman–Crippen MR) is 135 cm³/mol. The van der Waals surface area contributed by atoms with Crippen molar-refractivity contribution in [1.82, 2.24) is 14.5 Å². The molecular formula is C27H35N5O. The minimum atomic E-state index is 0.0375. The van der Waals surface area contributed by atoms with Crippen molar-refractivity contribution >= 4 is 28.4 Å². The second-order valence-electron chi connectivity index (χ2n) is 9.61. The molecule has 1 saturated carbocycles. The largest absolute Gasteiger partial charge is 0.372 e. The van der Waals surface area contributed by atoms with Crippen molar-refractivity contribution in [2.75, 3.05) is 23.3 Å². The Hall–Kier alpha value is -2.89. The van der Waals surface area contributed by atoms with Gasteiger partial charge in [-0.2, -0.15) is 4.98 Å². The maximum absolute atomic E-state index is 13.0. The summed E-state index contributed by atoms with van der Waals surface area (Å²) in [6, 6.07) is 12.2. The van der Waals surface area contributed by atoms with E-state index in [1.54, 1.807) is 6.07 Å². The fraction of sp³-hybridized carbons (Fsp3) is 0.519. The van der Waals surface area contributed by atoms with Crippen molar-refractivity contribution < 1.29 is 0 Å². The summed E-state index contributed by atoms with van der Waals surface area (Å²) < 4.78 is 1.94. The topological polar surface area (TPSA) is 63.1 Å². The van der Waals surface area contributed by atoms with E-state index in [1.165, 1.54) is 57.1 Å². The van der Waals surface area contributed by atoms with E-state index < -0.39 is 0 Å². The minimum absolute atomic E-state index is 0.0375. The normalized spacial score (nSPS) is 18.4. The molecule has 2 aliphatic rings. The highest BCUT2D eigenvalue weighted by atomic mass is 16.1. The molecule has 0 spiro atoms. The van der Waals surface area contributed by atoms with E-state index in [4.69, 9.17) is 4.98 Å². The summed E-state index contributed by atoms with van der Waals surface area (Å²) in [5, 5.41) is 4.27. The zero-order valence-electron chi connectivity index (χ0n) is 19.7. The van der Waals surface area contributed by atoms with E-state index in [0.29, 0.717) is 11.9 Å². The third kappa shape index (κ3) is 4.75. The number of aromatic nitrogens is 3. The van der Waals surface area contributed by atoms with Crippen LogP contribution >= 0.6 is 0 Å². The van der Waals surface area contributed by atoms with Gasteiger partial charge < -0.3 is 10.2 Å². The average molecular weight is 446 g/mol. The first kappa shape index (κ1) is 21.9. The van der Waals surface area contributed by atoms with Gasteiger partial charge in [-0.15, -0.1) is 0 Å². The Morgan fingerprint density at radius 1 is 0.970 bits per heavy atom. The van der Waals surface area contributed by atoms with Gasteiger partial charge in [-0.05, 0) is 74.8 Å². The molecule has 174 valence electrons. The Morgan fingerprint density at radius 2 is 1.70 bits per heavy atom. The number of piperidine rings is 1. The third-order valence-electron chi connectivity index (χ3n) is 7.46. The van der Waals surface area contributed by atoms with Crippen molar-refractivity contribution in [2.24, 2.45) is 5.92 Å². The van der Waals surface area contributed by atoms with Crippen molar-refractivity contribution in [3.05, 3.63) is 52.9 Å². The van der Waals surface area contributed by atoms with Crippen LogP contribution in [0.2, 0.25) is 0 Å². The van der Waals surface area contributed by atoms with Crippen molar-refractivity contribution in [3.63, 3.8) is 0 Å². The lowest BCUT2D eigenvalue weighted by Crippen LogP contribution is -2.30. The number of nitrogens with one attached hydrogen (secondary N) is 1. The zero-order chi connectivity index (χ0) is 22.6. The molecule has 1 N–H and O–H groups in total. The monoisotopic (exact) mass is 445 g/mol. The smallest absolute Gasteiger partial charge is 0.252 e. The second-order valence-corrected chi connectivity index (χ2v) is 9.61. The summed E-state index contributed by atoms with van der Waals surface area (Å²) in [5.41, 5.74) is 3.00. The number of rotatable bonds is 6. The molecule has 6 nitrogen and oxygen atoms in total. The Balaban J connectivity index is 1.42. The molecule has 3 aromatic rings. The first-order valence-corrected chi connectivity index (χ1v) is 12.7. The number of anilines is 3. The van der Waals surface area contributed by atoms with Crippen LogP contribution in [-0.2, 0) is 0 Å². The summed E-state index contributed by atoms with van der Waals surface area (Å²) in [6.45, 7) is 4.46. The number of hydrogen-bond donors (Lipinski definition) is 1. The number of nitrogens with zero attached hydrogens (tertiary/aromatic N) is 4. The Kier molecular flexibility index (Phi) is 6.60. The fourth-order valence-corrected chi connectivity index (χ4v) is 5.70. The lowest BCUT2D eigenvalue weighted by atomic mass is 9.82. The van der Waals surface area contributed by atoms with Crippen LogP contribution in [0.3, 0.4) is 0 Å². The molecule has 0 amide bonds. The van der Waals surface area contributed by atoms with Crippen LogP contribution in [0.1, 0.15) is 70.8 Å². The minimum Gasteiger partial charge on any atom is -0.372 e. The van der Waals surface area contributed by atoms with Crippen LogP contribution in [0, 0.1) is 5.92 Å². The van der Waals surface area contributed by atoms with Gasteiger partial charge in [0.25, 0.3) is 5.56 Å². The molecule has 0 bridgehead atoms. The molecule has 33 heavy (non-hydrogen) atoms. The molecule has 0 radical (unpaired) electrons. The van der Waals surface area contributed by atoms with Crippen molar-refractivity contribution in [1.29, 1.82) is 0 Å². The summed E-state index contributed by atoms with van der Waals surface area (Å²) >= 11 is 0. The van der Waals surface area contributed by atoms with Gasteiger partial charge in [0.1, 0.15) is 5.65 Å². The van der Waals surface area contributed by atoms with Crippen LogP contribution in [0.15, 0.2) is 47.4 Å². The molecule has 2 aromatic heterocycles. The first-order chi connectivity index (χ1) is 16.2. The van der Waals surface area contributed by atoms with Crippen LogP contribution in [0.5, 0.6) is 0 Å². The van der Waals surface area contributed by atoms with Crippen molar-refractivity contribution in [2.45, 2.75) is 70.8 Å². The molecule has 2 fully saturated rings. The van der Waals surface area contributed by atoms with Gasteiger partial charge in [0, 0.05) is 48.2 Å². The lowest BCUT2D eigenvalue weighted by molar-refractivity contribution is 0.243. The van der Waals surface area contributed by atoms with Crippen molar-refractivity contribution in [3.8, 4) is 0 Å². The predicted octanol–water partition coefficient (Wildman–Crippen LogP) is 6.06. The zero-order valence-corrected chi connectivity index (χ0v) is 19.7. The highest BCUT2D eigenvalue weighted by molar-refractivity contribution is 5.76. The highest BCUT2D eigenvalue weighted by Crippen LogP contribution is 2.35. The maximum atomic E-state index is 13.0. The Morgan fingerprint density at radius 3 is 2.42 bits per heavy atom. The first-order valence-electron chi connectivity index (χ1n) is 12.7. The molecule has 6 heteroatoms. The SMILES string of the molecule is CCC(C1CCCCC1)n1c(=O)ccc2cnc(Nc3ccc(N4CCCCC4)cc3)nc21. The molecule has 5 rings (SSSR count). The molecule has 1 aliphatic heterocycles. The number of benzene rings is 1. The van der Waals surface area contributed by atoms with Gasteiger partial charge in [-0.25, -0.2) is 4.98 Å². The maximum Gasteiger partial charge on any atom is 0.252 e. The molecule has 3 heterocycles. The van der Waals surface area contributed by atoms with Crippen LogP contribution in [0.25, 0.3) is 11.0 Å². The molecular weight excluding hydrogens is 410 g/mol. The summed E-state index contributed by atoms with van der Waals surface area (Å²) in [5.74, 6) is 1.08. The molecule has 1 unspecified atom stereocenters.